The van der Waals surface area contributed by atoms with E-state index in [2.05, 4.69) is 10.3 Å². The zero-order valence-corrected chi connectivity index (χ0v) is 16.0. The summed E-state index contributed by atoms with van der Waals surface area (Å²) in [6.45, 7) is 2.14. The van der Waals surface area contributed by atoms with Crippen molar-refractivity contribution in [2.24, 2.45) is 7.05 Å². The minimum atomic E-state index is -0.528. The van der Waals surface area contributed by atoms with Crippen molar-refractivity contribution >= 4 is 11.6 Å². The van der Waals surface area contributed by atoms with Crippen molar-refractivity contribution in [3.05, 3.63) is 52.5 Å². The second kappa shape index (κ2) is 7.81. The molecule has 0 spiro atoms. The maximum absolute atomic E-state index is 14.5. The Labute approximate surface area is 160 Å². The topological polar surface area (TPSA) is 86.9 Å². The van der Waals surface area contributed by atoms with Crippen LogP contribution in [0.5, 0.6) is 5.75 Å². The summed E-state index contributed by atoms with van der Waals surface area (Å²) in [4.78, 5) is 29.2. The first-order valence-corrected chi connectivity index (χ1v) is 8.58. The third kappa shape index (κ3) is 3.61. The summed E-state index contributed by atoms with van der Waals surface area (Å²) in [6, 6.07) is 4.17. The van der Waals surface area contributed by atoms with Crippen LogP contribution in [-0.4, -0.2) is 46.7 Å². The average molecular weight is 388 g/mol. The summed E-state index contributed by atoms with van der Waals surface area (Å²) in [5.41, 5.74) is 0.291. The van der Waals surface area contributed by atoms with E-state index in [1.165, 1.54) is 48.6 Å². The largest absolute Gasteiger partial charge is 0.497 e. The molecule has 0 saturated carbocycles. The minimum Gasteiger partial charge on any atom is -0.497 e. The van der Waals surface area contributed by atoms with E-state index >= 15 is 0 Å². The van der Waals surface area contributed by atoms with Gasteiger partial charge in [-0.2, -0.15) is 0 Å². The molecule has 0 aliphatic heterocycles. The van der Waals surface area contributed by atoms with Crippen LogP contribution in [0.4, 0.5) is 4.39 Å². The number of halogens is 1. The number of hydrogen-bond donors (Lipinski definition) is 1. The first kappa shape index (κ1) is 19.6. The number of fused-ring (bicyclic) bond motifs is 1. The molecule has 0 aliphatic rings. The molecule has 1 N–H and O–H groups in total. The van der Waals surface area contributed by atoms with Crippen LogP contribution in [0.15, 0.2) is 35.4 Å². The summed E-state index contributed by atoms with van der Waals surface area (Å²) in [5, 5.41) is 2.74. The normalized spacial score (nSPS) is 12.2. The number of imidazole rings is 1. The van der Waals surface area contributed by atoms with Gasteiger partial charge in [0.25, 0.3) is 11.5 Å². The Bertz CT molecular complexity index is 1090. The van der Waals surface area contributed by atoms with Crippen LogP contribution in [0.3, 0.4) is 0 Å². The van der Waals surface area contributed by atoms with Gasteiger partial charge in [0.05, 0.1) is 19.4 Å². The summed E-state index contributed by atoms with van der Waals surface area (Å²) < 4.78 is 27.2. The van der Waals surface area contributed by atoms with Gasteiger partial charge in [-0.15, -0.1) is 0 Å². The lowest BCUT2D eigenvalue weighted by Gasteiger charge is -2.11. The second-order valence-corrected chi connectivity index (χ2v) is 6.41. The van der Waals surface area contributed by atoms with Crippen molar-refractivity contribution in [2.45, 2.75) is 13.0 Å². The van der Waals surface area contributed by atoms with Crippen LogP contribution < -0.4 is 15.6 Å². The number of hydrogen-bond acceptors (Lipinski definition) is 5. The predicted molar refractivity (Wildman–Crippen MR) is 101 cm³/mol. The van der Waals surface area contributed by atoms with E-state index in [1.807, 2.05) is 0 Å². The fourth-order valence-electron chi connectivity index (χ4n) is 2.91. The number of methoxy groups -OCH3 is 2. The lowest BCUT2D eigenvalue weighted by Crippen LogP contribution is -2.35. The van der Waals surface area contributed by atoms with Gasteiger partial charge in [-0.25, -0.2) is 9.37 Å². The number of carbonyl (C=O) groups is 1. The van der Waals surface area contributed by atoms with Crippen LogP contribution in [0.1, 0.15) is 17.4 Å². The highest BCUT2D eigenvalue weighted by molar-refractivity contribution is 5.93. The summed E-state index contributed by atoms with van der Waals surface area (Å²) in [5.74, 6) is -0.577. The van der Waals surface area contributed by atoms with E-state index in [0.29, 0.717) is 18.1 Å². The van der Waals surface area contributed by atoms with Gasteiger partial charge in [0.2, 0.25) is 5.65 Å². The second-order valence-electron chi connectivity index (χ2n) is 6.41. The third-order valence-corrected chi connectivity index (χ3v) is 4.33. The molecule has 2 heterocycles. The summed E-state index contributed by atoms with van der Waals surface area (Å²) in [7, 11) is 4.51. The Kier molecular flexibility index (Phi) is 5.46. The molecular weight excluding hydrogens is 367 g/mol. The Hall–Kier alpha value is -3.20. The molecule has 3 aromatic rings. The molecule has 9 heteroatoms. The monoisotopic (exact) mass is 388 g/mol. The molecule has 0 unspecified atom stereocenters. The zero-order valence-electron chi connectivity index (χ0n) is 16.0. The van der Waals surface area contributed by atoms with E-state index in [1.54, 1.807) is 19.2 Å². The molecule has 0 saturated heterocycles. The van der Waals surface area contributed by atoms with E-state index in [-0.39, 0.29) is 22.9 Å². The number of nitrogens with one attached hydrogen (secondary N) is 1. The van der Waals surface area contributed by atoms with Gasteiger partial charge < -0.3 is 19.4 Å². The fourth-order valence-corrected chi connectivity index (χ4v) is 2.91. The van der Waals surface area contributed by atoms with Gasteiger partial charge >= 0.3 is 0 Å². The molecular formula is C19H21FN4O4. The Morgan fingerprint density at radius 1 is 1.32 bits per heavy atom. The van der Waals surface area contributed by atoms with Gasteiger partial charge in [0.15, 0.2) is 0 Å². The first-order valence-electron chi connectivity index (χ1n) is 8.58. The van der Waals surface area contributed by atoms with Crippen LogP contribution in [0.2, 0.25) is 0 Å². The number of nitrogens with zero attached hydrogens (tertiary/aromatic N) is 3. The van der Waals surface area contributed by atoms with E-state index in [0.717, 1.165) is 0 Å². The summed E-state index contributed by atoms with van der Waals surface area (Å²) in [6.07, 6.45) is 3.00. The molecule has 28 heavy (non-hydrogen) atoms. The number of rotatable bonds is 6. The molecule has 0 fully saturated rings. The van der Waals surface area contributed by atoms with Crippen LogP contribution in [0.25, 0.3) is 16.9 Å². The molecule has 148 valence electrons. The highest BCUT2D eigenvalue weighted by Crippen LogP contribution is 2.25. The van der Waals surface area contributed by atoms with Gasteiger partial charge in [-0.3, -0.25) is 14.0 Å². The standard InChI is InChI=1S/C19H21FN4O4/c1-11(10-27-3)21-18(25)15-8-24-9-16(23(2)19(26)17(24)22-15)13-6-5-12(28-4)7-14(13)20/h5-9,11H,10H2,1-4H3,(H,21,25)/t11-/m0/s1. The highest BCUT2D eigenvalue weighted by Gasteiger charge is 2.18. The van der Waals surface area contributed by atoms with Crippen LogP contribution in [-0.2, 0) is 11.8 Å². The molecule has 2 aromatic heterocycles. The van der Waals surface area contributed by atoms with Gasteiger partial charge in [0, 0.05) is 44.2 Å². The van der Waals surface area contributed by atoms with Crippen molar-refractivity contribution in [1.82, 2.24) is 19.3 Å². The molecule has 0 radical (unpaired) electrons. The van der Waals surface area contributed by atoms with Crippen molar-refractivity contribution in [3.63, 3.8) is 0 Å². The van der Waals surface area contributed by atoms with Crippen molar-refractivity contribution < 1.29 is 18.7 Å². The molecule has 1 aromatic carbocycles. The molecule has 0 aliphatic carbocycles. The quantitative estimate of drug-likeness (QED) is 0.693. The maximum atomic E-state index is 14.5. The molecule has 1 atom stereocenters. The van der Waals surface area contributed by atoms with Crippen LogP contribution in [0, 0.1) is 5.82 Å². The molecule has 1 amide bonds. The van der Waals surface area contributed by atoms with Gasteiger partial charge in [0.1, 0.15) is 17.3 Å². The smallest absolute Gasteiger partial charge is 0.294 e. The number of benzene rings is 1. The Morgan fingerprint density at radius 2 is 2.07 bits per heavy atom. The zero-order chi connectivity index (χ0) is 20.4. The van der Waals surface area contributed by atoms with E-state index in [9.17, 15) is 14.0 Å². The lowest BCUT2D eigenvalue weighted by molar-refractivity contribution is 0.0901. The predicted octanol–water partition coefficient (Wildman–Crippen LogP) is 1.61. The number of amides is 1. The number of ether oxygens (including phenoxy) is 2. The van der Waals surface area contributed by atoms with Crippen molar-refractivity contribution in [3.8, 4) is 17.0 Å². The first-order chi connectivity index (χ1) is 13.3. The Balaban J connectivity index is 2.05. The van der Waals surface area contributed by atoms with Crippen molar-refractivity contribution in [2.75, 3.05) is 20.8 Å². The van der Waals surface area contributed by atoms with Gasteiger partial charge in [-0.1, -0.05) is 0 Å². The molecule has 8 nitrogen and oxygen atoms in total. The van der Waals surface area contributed by atoms with Crippen LogP contribution >= 0.6 is 0 Å². The van der Waals surface area contributed by atoms with E-state index < -0.39 is 17.3 Å². The molecule has 0 bridgehead atoms. The van der Waals surface area contributed by atoms with Crippen molar-refractivity contribution in [1.29, 1.82) is 0 Å². The van der Waals surface area contributed by atoms with E-state index in [4.69, 9.17) is 9.47 Å². The number of aromatic nitrogens is 3. The SMILES string of the molecule is COC[C@H](C)NC(=O)c1cn2cc(-c3ccc(OC)cc3F)n(C)c(=O)c2n1. The number of carbonyl (C=O) groups excluding carboxylic acids is 1. The minimum absolute atomic E-state index is 0.0738. The maximum Gasteiger partial charge on any atom is 0.294 e. The third-order valence-electron chi connectivity index (χ3n) is 4.33. The molecule has 3 rings (SSSR count). The van der Waals surface area contributed by atoms with Gasteiger partial charge in [-0.05, 0) is 19.1 Å². The lowest BCUT2D eigenvalue weighted by atomic mass is 10.1. The summed E-state index contributed by atoms with van der Waals surface area (Å²) >= 11 is 0. The Morgan fingerprint density at radius 3 is 2.71 bits per heavy atom. The highest BCUT2D eigenvalue weighted by atomic mass is 19.1. The fraction of sp³-hybridized carbons (Fsp3) is 0.316. The average Bonchev–Trinajstić information content (AvgIpc) is 3.09.